The average molecular weight is 328 g/mol. The molecule has 0 saturated carbocycles. The van der Waals surface area contributed by atoms with Crippen molar-refractivity contribution in [2.24, 2.45) is 0 Å². The van der Waals surface area contributed by atoms with Crippen LogP contribution in [-0.2, 0) is 0 Å². The fraction of sp³-hybridized carbons (Fsp3) is 0. The molecule has 0 atom stereocenters. The predicted molar refractivity (Wildman–Crippen MR) is 72.6 cm³/mol. The summed E-state index contributed by atoms with van der Waals surface area (Å²) in [6.45, 7) is 0. The molecule has 0 saturated heterocycles. The highest BCUT2D eigenvalue weighted by Crippen LogP contribution is 2.31. The second-order valence-corrected chi connectivity index (χ2v) is 4.76. The third-order valence-corrected chi connectivity index (χ3v) is 3.14. The number of carboxylic acids is 1. The van der Waals surface area contributed by atoms with Gasteiger partial charge in [-0.05, 0) is 52.3 Å². The van der Waals surface area contributed by atoms with E-state index in [1.807, 2.05) is 0 Å². The van der Waals surface area contributed by atoms with Gasteiger partial charge in [0, 0.05) is 9.50 Å². The molecule has 2 rings (SSSR count). The van der Waals surface area contributed by atoms with Crippen LogP contribution in [0.3, 0.4) is 0 Å². The summed E-state index contributed by atoms with van der Waals surface area (Å²) in [6.07, 6.45) is 0. The van der Waals surface area contributed by atoms with Gasteiger partial charge in [0.2, 0.25) is 0 Å². The molecule has 1 N–H and O–H groups in total. The van der Waals surface area contributed by atoms with E-state index in [-0.39, 0.29) is 11.3 Å². The van der Waals surface area contributed by atoms with Gasteiger partial charge in [0.25, 0.3) is 0 Å². The standard InChI is InChI=1S/C13H8BrClO3/c14-10-2-1-3-11(12(10)13(16)17)18-9-6-4-8(15)5-7-9/h1-7H,(H,16,17). The first kappa shape index (κ1) is 12.9. The molecule has 0 spiro atoms. The lowest BCUT2D eigenvalue weighted by Gasteiger charge is -2.09. The van der Waals surface area contributed by atoms with Gasteiger partial charge >= 0.3 is 5.97 Å². The number of carbonyl (C=O) groups is 1. The van der Waals surface area contributed by atoms with Crippen molar-refractivity contribution in [3.8, 4) is 11.5 Å². The second-order valence-electron chi connectivity index (χ2n) is 3.47. The molecule has 0 heterocycles. The van der Waals surface area contributed by atoms with Crippen molar-refractivity contribution < 1.29 is 14.6 Å². The van der Waals surface area contributed by atoms with E-state index in [0.717, 1.165) is 0 Å². The molecule has 2 aromatic rings. The van der Waals surface area contributed by atoms with Crippen LogP contribution in [0.4, 0.5) is 0 Å². The monoisotopic (exact) mass is 326 g/mol. The number of rotatable bonds is 3. The van der Waals surface area contributed by atoms with E-state index in [9.17, 15) is 4.79 Å². The fourth-order valence-electron chi connectivity index (χ4n) is 1.43. The molecule has 0 aromatic heterocycles. The molecular weight excluding hydrogens is 319 g/mol. The highest BCUT2D eigenvalue weighted by molar-refractivity contribution is 9.10. The Morgan fingerprint density at radius 2 is 1.83 bits per heavy atom. The fourth-order valence-corrected chi connectivity index (χ4v) is 2.07. The van der Waals surface area contributed by atoms with E-state index < -0.39 is 5.97 Å². The summed E-state index contributed by atoms with van der Waals surface area (Å²) in [7, 11) is 0. The van der Waals surface area contributed by atoms with Crippen molar-refractivity contribution in [3.05, 3.63) is 57.5 Å². The highest BCUT2D eigenvalue weighted by atomic mass is 79.9. The zero-order valence-corrected chi connectivity index (χ0v) is 11.4. The molecule has 0 amide bonds. The van der Waals surface area contributed by atoms with Gasteiger partial charge in [-0.15, -0.1) is 0 Å². The van der Waals surface area contributed by atoms with Gasteiger partial charge in [-0.2, -0.15) is 0 Å². The van der Waals surface area contributed by atoms with Crippen molar-refractivity contribution in [1.82, 2.24) is 0 Å². The summed E-state index contributed by atoms with van der Waals surface area (Å²) >= 11 is 8.96. The van der Waals surface area contributed by atoms with Crippen LogP contribution < -0.4 is 4.74 Å². The Labute approximate surface area is 117 Å². The van der Waals surface area contributed by atoms with E-state index in [0.29, 0.717) is 15.2 Å². The lowest BCUT2D eigenvalue weighted by molar-refractivity contribution is 0.0693. The van der Waals surface area contributed by atoms with E-state index in [2.05, 4.69) is 15.9 Å². The molecule has 2 aromatic carbocycles. The minimum atomic E-state index is -1.05. The maximum Gasteiger partial charge on any atom is 0.340 e. The van der Waals surface area contributed by atoms with Crippen LogP contribution in [0.1, 0.15) is 10.4 Å². The van der Waals surface area contributed by atoms with Gasteiger partial charge in [0.1, 0.15) is 17.1 Å². The second kappa shape index (κ2) is 5.42. The first-order valence-electron chi connectivity index (χ1n) is 5.03. The van der Waals surface area contributed by atoms with Gasteiger partial charge < -0.3 is 9.84 Å². The molecular formula is C13H8BrClO3. The van der Waals surface area contributed by atoms with Crippen LogP contribution in [0.2, 0.25) is 5.02 Å². The van der Waals surface area contributed by atoms with Gasteiger partial charge in [-0.25, -0.2) is 4.79 Å². The molecule has 5 heteroatoms. The van der Waals surface area contributed by atoms with Crippen molar-refractivity contribution in [2.75, 3.05) is 0 Å². The highest BCUT2D eigenvalue weighted by Gasteiger charge is 2.15. The maximum absolute atomic E-state index is 11.2. The quantitative estimate of drug-likeness (QED) is 0.896. The summed E-state index contributed by atoms with van der Waals surface area (Å²) in [6, 6.07) is 11.7. The summed E-state index contributed by atoms with van der Waals surface area (Å²) in [4.78, 5) is 11.2. The molecule has 0 bridgehead atoms. The van der Waals surface area contributed by atoms with Gasteiger partial charge in [-0.3, -0.25) is 0 Å². The molecule has 18 heavy (non-hydrogen) atoms. The van der Waals surface area contributed by atoms with Crippen molar-refractivity contribution >= 4 is 33.5 Å². The van der Waals surface area contributed by atoms with Gasteiger partial charge in [0.05, 0.1) is 0 Å². The SMILES string of the molecule is O=C(O)c1c(Br)cccc1Oc1ccc(Cl)cc1. The molecule has 0 aliphatic heterocycles. The minimum absolute atomic E-state index is 0.0902. The van der Waals surface area contributed by atoms with Gasteiger partial charge in [0.15, 0.2) is 0 Å². The Bertz CT molecular complexity index is 581. The van der Waals surface area contributed by atoms with Gasteiger partial charge in [-0.1, -0.05) is 17.7 Å². The number of ether oxygens (including phenoxy) is 1. The van der Waals surface area contributed by atoms with E-state index in [1.54, 1.807) is 42.5 Å². The third-order valence-electron chi connectivity index (χ3n) is 2.23. The molecule has 0 unspecified atom stereocenters. The summed E-state index contributed by atoms with van der Waals surface area (Å²) in [5.74, 6) is -0.245. The Balaban J connectivity index is 2.37. The van der Waals surface area contributed by atoms with Crippen molar-refractivity contribution in [2.45, 2.75) is 0 Å². The Morgan fingerprint density at radius 3 is 2.44 bits per heavy atom. The predicted octanol–water partition coefficient (Wildman–Crippen LogP) is 4.59. The summed E-state index contributed by atoms with van der Waals surface area (Å²) in [5.41, 5.74) is 0.0902. The van der Waals surface area contributed by atoms with Crippen LogP contribution in [0.25, 0.3) is 0 Å². The van der Waals surface area contributed by atoms with Crippen molar-refractivity contribution in [3.63, 3.8) is 0 Å². The molecule has 0 aliphatic carbocycles. The lowest BCUT2D eigenvalue weighted by atomic mass is 10.2. The summed E-state index contributed by atoms with van der Waals surface area (Å²) < 4.78 is 6.01. The molecule has 0 radical (unpaired) electrons. The zero-order valence-electron chi connectivity index (χ0n) is 9.06. The first-order chi connectivity index (χ1) is 8.58. The largest absolute Gasteiger partial charge is 0.478 e. The third kappa shape index (κ3) is 2.83. The number of halogens is 2. The molecule has 92 valence electrons. The van der Waals surface area contributed by atoms with E-state index >= 15 is 0 Å². The zero-order chi connectivity index (χ0) is 13.1. The topological polar surface area (TPSA) is 46.5 Å². The average Bonchev–Trinajstić information content (AvgIpc) is 2.32. The maximum atomic E-state index is 11.2. The number of benzene rings is 2. The number of aromatic carboxylic acids is 1. The molecule has 0 aliphatic rings. The van der Waals surface area contributed by atoms with Crippen LogP contribution in [-0.4, -0.2) is 11.1 Å². The van der Waals surface area contributed by atoms with Crippen LogP contribution in [0.5, 0.6) is 11.5 Å². The van der Waals surface area contributed by atoms with Crippen LogP contribution >= 0.6 is 27.5 Å². The van der Waals surface area contributed by atoms with Crippen molar-refractivity contribution in [1.29, 1.82) is 0 Å². The first-order valence-corrected chi connectivity index (χ1v) is 6.20. The van der Waals surface area contributed by atoms with Crippen LogP contribution in [0, 0.1) is 0 Å². The number of hydrogen-bond donors (Lipinski definition) is 1. The van der Waals surface area contributed by atoms with E-state index in [1.165, 1.54) is 0 Å². The van der Waals surface area contributed by atoms with E-state index in [4.69, 9.17) is 21.4 Å². The molecule has 0 fully saturated rings. The lowest BCUT2D eigenvalue weighted by Crippen LogP contribution is -2.01. The Kier molecular flexibility index (Phi) is 3.89. The van der Waals surface area contributed by atoms with Crippen LogP contribution in [0.15, 0.2) is 46.9 Å². The number of carboxylic acid groups (broad SMARTS) is 1. The number of hydrogen-bond acceptors (Lipinski definition) is 2. The minimum Gasteiger partial charge on any atom is -0.478 e. The normalized spacial score (nSPS) is 10.1. The molecule has 3 nitrogen and oxygen atoms in total. The summed E-state index contributed by atoms with van der Waals surface area (Å²) in [5, 5.41) is 9.73. The Hall–Kier alpha value is -1.52. The smallest absolute Gasteiger partial charge is 0.340 e. The Morgan fingerprint density at radius 1 is 1.17 bits per heavy atom.